The molecule has 0 unspecified atom stereocenters. The minimum Gasteiger partial charge on any atom is -0.490 e. The maximum Gasteiger partial charge on any atom is 0.137 e. The number of nitrogens with two attached hydrogens (primary N) is 1. The first-order chi connectivity index (χ1) is 9.19. The van der Waals surface area contributed by atoms with Gasteiger partial charge in [0.15, 0.2) is 0 Å². The second kappa shape index (κ2) is 8.43. The molecule has 0 heterocycles. The third kappa shape index (κ3) is 5.22. The zero-order valence-corrected chi connectivity index (χ0v) is 11.5. The quantitative estimate of drug-likeness (QED) is 0.570. The van der Waals surface area contributed by atoms with Gasteiger partial charge in [-0.15, -0.1) is 0 Å². The number of nitrogens with zero attached hydrogens (tertiary/aromatic N) is 1. The Balaban J connectivity index is 2.50. The largest absolute Gasteiger partial charge is 0.490 e. The standard InChI is InChI=1S/C13H16N2O3S/c1-16-4-5-17-6-7-18-12-3-2-10(13(15)19)8-11(12)9-14/h2-3,8H,4-7H2,1H3,(H2,15,19). The molecule has 19 heavy (non-hydrogen) atoms. The Morgan fingerprint density at radius 2 is 2.05 bits per heavy atom. The number of nitriles is 1. The van der Waals surface area contributed by atoms with Crippen LogP contribution in [0, 0.1) is 11.3 Å². The van der Waals surface area contributed by atoms with Crippen molar-refractivity contribution in [2.24, 2.45) is 5.73 Å². The Labute approximate surface area is 117 Å². The number of thiocarbonyl (C=S) groups is 1. The molecule has 0 aliphatic carbocycles. The number of hydrogen-bond donors (Lipinski definition) is 1. The number of hydrogen-bond acceptors (Lipinski definition) is 5. The van der Waals surface area contributed by atoms with Gasteiger partial charge < -0.3 is 19.9 Å². The van der Waals surface area contributed by atoms with Gasteiger partial charge in [-0.1, -0.05) is 12.2 Å². The van der Waals surface area contributed by atoms with Crippen molar-refractivity contribution in [2.45, 2.75) is 0 Å². The van der Waals surface area contributed by atoms with Gasteiger partial charge in [0.1, 0.15) is 23.4 Å². The van der Waals surface area contributed by atoms with E-state index >= 15 is 0 Å². The number of ether oxygens (including phenoxy) is 3. The fraction of sp³-hybridized carbons (Fsp3) is 0.385. The molecular weight excluding hydrogens is 264 g/mol. The van der Waals surface area contributed by atoms with E-state index in [1.165, 1.54) is 0 Å². The van der Waals surface area contributed by atoms with Crippen molar-refractivity contribution in [3.8, 4) is 11.8 Å². The summed E-state index contributed by atoms with van der Waals surface area (Å²) in [5.41, 5.74) is 6.56. The van der Waals surface area contributed by atoms with E-state index in [1.54, 1.807) is 25.3 Å². The van der Waals surface area contributed by atoms with Crippen LogP contribution in [0.25, 0.3) is 0 Å². The third-order valence-electron chi connectivity index (χ3n) is 2.30. The van der Waals surface area contributed by atoms with E-state index in [1.807, 2.05) is 0 Å². The summed E-state index contributed by atoms with van der Waals surface area (Å²) in [7, 11) is 1.61. The molecule has 0 fully saturated rings. The fourth-order valence-electron chi connectivity index (χ4n) is 1.35. The van der Waals surface area contributed by atoms with Gasteiger partial charge in [-0.05, 0) is 18.2 Å². The van der Waals surface area contributed by atoms with E-state index in [9.17, 15) is 0 Å². The summed E-state index contributed by atoms with van der Waals surface area (Å²) >= 11 is 4.86. The second-order valence-electron chi connectivity index (χ2n) is 3.64. The highest BCUT2D eigenvalue weighted by Crippen LogP contribution is 2.19. The first kappa shape index (κ1) is 15.4. The van der Waals surface area contributed by atoms with Crippen LogP contribution in [0.1, 0.15) is 11.1 Å². The highest BCUT2D eigenvalue weighted by molar-refractivity contribution is 7.80. The molecule has 0 spiro atoms. The van der Waals surface area contributed by atoms with Crippen LogP contribution in [-0.2, 0) is 9.47 Å². The lowest BCUT2D eigenvalue weighted by molar-refractivity contribution is 0.0544. The minimum atomic E-state index is 0.256. The molecule has 0 bridgehead atoms. The summed E-state index contributed by atoms with van der Waals surface area (Å²) in [4.78, 5) is 0.256. The molecule has 0 saturated heterocycles. The molecule has 0 atom stereocenters. The highest BCUT2D eigenvalue weighted by atomic mass is 32.1. The van der Waals surface area contributed by atoms with Crippen molar-refractivity contribution < 1.29 is 14.2 Å². The second-order valence-corrected chi connectivity index (χ2v) is 4.08. The van der Waals surface area contributed by atoms with Gasteiger partial charge in [0.2, 0.25) is 0 Å². The van der Waals surface area contributed by atoms with Gasteiger partial charge in [-0.25, -0.2) is 0 Å². The molecule has 0 amide bonds. The average molecular weight is 280 g/mol. The van der Waals surface area contributed by atoms with Crippen molar-refractivity contribution >= 4 is 17.2 Å². The summed E-state index contributed by atoms with van der Waals surface area (Å²) in [6, 6.07) is 7.07. The molecule has 0 aliphatic heterocycles. The Morgan fingerprint density at radius 1 is 1.32 bits per heavy atom. The van der Waals surface area contributed by atoms with Crippen LogP contribution in [0.2, 0.25) is 0 Å². The van der Waals surface area contributed by atoms with Crippen LogP contribution < -0.4 is 10.5 Å². The van der Waals surface area contributed by atoms with Crippen LogP contribution in [-0.4, -0.2) is 38.5 Å². The monoisotopic (exact) mass is 280 g/mol. The summed E-state index contributed by atoms with van der Waals surface area (Å²) < 4.78 is 15.6. The van der Waals surface area contributed by atoms with Crippen molar-refractivity contribution in [1.82, 2.24) is 0 Å². The average Bonchev–Trinajstić information content (AvgIpc) is 2.42. The van der Waals surface area contributed by atoms with Gasteiger partial charge in [0, 0.05) is 12.7 Å². The number of rotatable bonds is 8. The van der Waals surface area contributed by atoms with Gasteiger partial charge in [0.25, 0.3) is 0 Å². The molecule has 102 valence electrons. The van der Waals surface area contributed by atoms with Crippen LogP contribution in [0.15, 0.2) is 18.2 Å². The molecule has 2 N–H and O–H groups in total. The molecule has 1 aromatic rings. The van der Waals surface area contributed by atoms with E-state index in [0.29, 0.717) is 43.3 Å². The predicted molar refractivity (Wildman–Crippen MR) is 75.2 cm³/mol. The molecule has 0 saturated carbocycles. The van der Waals surface area contributed by atoms with Gasteiger partial charge in [0.05, 0.1) is 25.4 Å². The molecule has 1 aromatic carbocycles. The van der Waals surface area contributed by atoms with Crippen LogP contribution in [0.3, 0.4) is 0 Å². The molecular formula is C13H16N2O3S. The Hall–Kier alpha value is -1.68. The van der Waals surface area contributed by atoms with Crippen molar-refractivity contribution in [2.75, 3.05) is 33.5 Å². The smallest absolute Gasteiger partial charge is 0.137 e. The lowest BCUT2D eigenvalue weighted by Crippen LogP contribution is -2.12. The van der Waals surface area contributed by atoms with E-state index in [-0.39, 0.29) is 4.99 Å². The van der Waals surface area contributed by atoms with Crippen molar-refractivity contribution in [3.63, 3.8) is 0 Å². The summed E-state index contributed by atoms with van der Waals surface area (Å²) in [6.07, 6.45) is 0. The lowest BCUT2D eigenvalue weighted by atomic mass is 10.1. The topological polar surface area (TPSA) is 77.5 Å². The first-order valence-corrected chi connectivity index (χ1v) is 6.13. The molecule has 0 radical (unpaired) electrons. The van der Waals surface area contributed by atoms with E-state index in [4.69, 9.17) is 37.4 Å². The maximum absolute atomic E-state index is 9.04. The number of benzene rings is 1. The van der Waals surface area contributed by atoms with Crippen LogP contribution in [0.4, 0.5) is 0 Å². The zero-order valence-electron chi connectivity index (χ0n) is 10.7. The van der Waals surface area contributed by atoms with Crippen molar-refractivity contribution in [1.29, 1.82) is 5.26 Å². The van der Waals surface area contributed by atoms with Gasteiger partial charge in [-0.2, -0.15) is 5.26 Å². The summed E-state index contributed by atoms with van der Waals surface area (Å²) in [6.45, 7) is 1.87. The highest BCUT2D eigenvalue weighted by Gasteiger charge is 2.06. The molecule has 6 heteroatoms. The lowest BCUT2D eigenvalue weighted by Gasteiger charge is -2.09. The minimum absolute atomic E-state index is 0.256. The summed E-state index contributed by atoms with van der Waals surface area (Å²) in [5.74, 6) is 0.498. The fourth-order valence-corrected chi connectivity index (χ4v) is 1.48. The van der Waals surface area contributed by atoms with Crippen LogP contribution in [0.5, 0.6) is 5.75 Å². The maximum atomic E-state index is 9.04. The Morgan fingerprint density at radius 3 is 2.68 bits per heavy atom. The normalized spacial score (nSPS) is 9.89. The SMILES string of the molecule is COCCOCCOc1ccc(C(N)=S)cc1C#N. The van der Waals surface area contributed by atoms with E-state index < -0.39 is 0 Å². The Bertz CT molecular complexity index is 471. The third-order valence-corrected chi connectivity index (χ3v) is 2.54. The zero-order chi connectivity index (χ0) is 14.1. The van der Waals surface area contributed by atoms with Crippen molar-refractivity contribution in [3.05, 3.63) is 29.3 Å². The van der Waals surface area contributed by atoms with Crippen LogP contribution >= 0.6 is 12.2 Å². The van der Waals surface area contributed by atoms with E-state index in [0.717, 1.165) is 0 Å². The van der Waals surface area contributed by atoms with Gasteiger partial charge in [-0.3, -0.25) is 0 Å². The molecule has 1 rings (SSSR count). The number of methoxy groups -OCH3 is 1. The summed E-state index contributed by atoms with van der Waals surface area (Å²) in [5, 5.41) is 9.04. The van der Waals surface area contributed by atoms with Gasteiger partial charge >= 0.3 is 0 Å². The molecule has 5 nitrogen and oxygen atoms in total. The Kier molecular flexibility index (Phi) is 6.82. The van der Waals surface area contributed by atoms with E-state index in [2.05, 4.69) is 6.07 Å². The molecule has 0 aliphatic rings. The first-order valence-electron chi connectivity index (χ1n) is 5.72. The molecule has 0 aromatic heterocycles. The predicted octanol–water partition coefficient (Wildman–Crippen LogP) is 1.23.